The molecule has 0 unspecified atom stereocenters. The summed E-state index contributed by atoms with van der Waals surface area (Å²) in [4.78, 5) is 24.2. The first-order chi connectivity index (χ1) is 18.1. The van der Waals surface area contributed by atoms with E-state index in [-0.39, 0.29) is 39.2 Å². The van der Waals surface area contributed by atoms with Gasteiger partial charge in [0.1, 0.15) is 45.5 Å². The van der Waals surface area contributed by atoms with Gasteiger partial charge < -0.3 is 29.2 Å². The summed E-state index contributed by atoms with van der Waals surface area (Å²) in [6.07, 6.45) is 2.60. The topological polar surface area (TPSA) is 126 Å². The highest BCUT2D eigenvalue weighted by atomic mass is 16.5. The molecule has 3 aromatic carbocycles. The molecule has 38 heavy (non-hydrogen) atoms. The summed E-state index contributed by atoms with van der Waals surface area (Å²) in [6, 6.07) is 13.4. The van der Waals surface area contributed by atoms with Crippen molar-refractivity contribution in [3.63, 3.8) is 0 Å². The van der Waals surface area contributed by atoms with Crippen molar-refractivity contribution in [2.75, 3.05) is 14.2 Å². The summed E-state index contributed by atoms with van der Waals surface area (Å²) in [5.74, 6) is 0.635. The Hall–Kier alpha value is -4.72. The molecule has 0 radical (unpaired) electrons. The van der Waals surface area contributed by atoms with E-state index in [0.717, 1.165) is 11.1 Å². The summed E-state index contributed by atoms with van der Waals surface area (Å²) >= 11 is 0. The molecule has 0 aliphatic rings. The van der Waals surface area contributed by atoms with Crippen LogP contribution in [-0.4, -0.2) is 35.3 Å². The lowest BCUT2D eigenvalue weighted by atomic mass is 10.0. The fourth-order valence-corrected chi connectivity index (χ4v) is 3.78. The van der Waals surface area contributed by atoms with Crippen LogP contribution in [0, 0.1) is 6.92 Å². The van der Waals surface area contributed by atoms with Gasteiger partial charge in [-0.1, -0.05) is 23.8 Å². The number of carbonyl (C=O) groups is 1. The van der Waals surface area contributed by atoms with Crippen LogP contribution in [-0.2, 0) is 6.42 Å². The molecule has 8 heteroatoms. The molecular formula is C30H30O8. The Morgan fingerprint density at radius 1 is 0.895 bits per heavy atom. The Labute approximate surface area is 220 Å². The van der Waals surface area contributed by atoms with Crippen molar-refractivity contribution >= 4 is 16.8 Å². The standard InChI is InChI=1S/C16H18O4.C14H12O4/c1-9(2)5-6-11-14(19-4)8-13(18)15-12(17)7-10(3)20-16(11)15;1-18-9-6-7-11(13(16)8-9)14(17)10-4-2-3-5-12(10)15/h5,7-8,18H,6H2,1-4H3;2-8,15-16H,1H3. The summed E-state index contributed by atoms with van der Waals surface area (Å²) < 4.78 is 15.9. The number of benzene rings is 3. The highest BCUT2D eigenvalue weighted by Gasteiger charge is 2.18. The van der Waals surface area contributed by atoms with Crippen molar-refractivity contribution < 1.29 is 34.0 Å². The summed E-state index contributed by atoms with van der Waals surface area (Å²) in [5.41, 5.74) is 2.34. The van der Waals surface area contributed by atoms with Crippen molar-refractivity contribution in [2.45, 2.75) is 27.2 Å². The third kappa shape index (κ3) is 6.15. The first kappa shape index (κ1) is 27.9. The molecule has 1 aromatic heterocycles. The third-order valence-electron chi connectivity index (χ3n) is 5.70. The molecule has 0 saturated carbocycles. The van der Waals surface area contributed by atoms with E-state index < -0.39 is 5.78 Å². The van der Waals surface area contributed by atoms with Crippen molar-refractivity contribution in [3.8, 4) is 28.7 Å². The Morgan fingerprint density at radius 2 is 1.58 bits per heavy atom. The molecule has 1 heterocycles. The second-order valence-corrected chi connectivity index (χ2v) is 8.72. The average Bonchev–Trinajstić information content (AvgIpc) is 2.87. The monoisotopic (exact) mass is 518 g/mol. The molecule has 4 aromatic rings. The molecular weight excluding hydrogens is 488 g/mol. The quantitative estimate of drug-likeness (QED) is 0.220. The van der Waals surface area contributed by atoms with Crippen LogP contribution in [0.25, 0.3) is 11.0 Å². The SMILES string of the molecule is COc1cc(O)c2c(=O)cc(C)oc2c1CC=C(C)C.COc1ccc(C(=O)c2ccccc2O)c(O)c1. The van der Waals surface area contributed by atoms with Gasteiger partial charge in [0.05, 0.1) is 25.3 Å². The van der Waals surface area contributed by atoms with Gasteiger partial charge in [-0.3, -0.25) is 9.59 Å². The van der Waals surface area contributed by atoms with Crippen LogP contribution >= 0.6 is 0 Å². The summed E-state index contributed by atoms with van der Waals surface area (Å²) in [6.45, 7) is 5.70. The Bertz CT molecular complexity index is 1560. The molecule has 4 rings (SSSR count). The van der Waals surface area contributed by atoms with E-state index in [1.54, 1.807) is 25.1 Å². The van der Waals surface area contributed by atoms with Gasteiger partial charge in [-0.05, 0) is 51.5 Å². The highest BCUT2D eigenvalue weighted by molar-refractivity contribution is 6.12. The molecule has 0 fully saturated rings. The number of allylic oxidation sites excluding steroid dienone is 2. The lowest BCUT2D eigenvalue weighted by molar-refractivity contribution is 0.103. The number of aryl methyl sites for hydroxylation is 1. The number of hydrogen-bond acceptors (Lipinski definition) is 8. The minimum atomic E-state index is -0.437. The smallest absolute Gasteiger partial charge is 0.200 e. The van der Waals surface area contributed by atoms with E-state index in [2.05, 4.69) is 0 Å². The lowest BCUT2D eigenvalue weighted by Gasteiger charge is -2.11. The Balaban J connectivity index is 0.000000212. The summed E-state index contributed by atoms with van der Waals surface area (Å²) in [5, 5.41) is 29.6. The summed E-state index contributed by atoms with van der Waals surface area (Å²) in [7, 11) is 3.00. The highest BCUT2D eigenvalue weighted by Crippen LogP contribution is 2.34. The predicted molar refractivity (Wildman–Crippen MR) is 145 cm³/mol. The number of fused-ring (bicyclic) bond motifs is 1. The predicted octanol–water partition coefficient (Wildman–Crippen LogP) is 5.66. The maximum absolute atomic E-state index is 12.1. The number of phenolic OH excluding ortho intramolecular Hbond substituents is 3. The van der Waals surface area contributed by atoms with Gasteiger partial charge in [0, 0.05) is 23.8 Å². The number of methoxy groups -OCH3 is 2. The van der Waals surface area contributed by atoms with Gasteiger partial charge in [0.25, 0.3) is 0 Å². The van der Waals surface area contributed by atoms with Crippen LogP contribution in [0.5, 0.6) is 28.7 Å². The Morgan fingerprint density at radius 3 is 2.18 bits per heavy atom. The molecule has 0 amide bonds. The van der Waals surface area contributed by atoms with Gasteiger partial charge >= 0.3 is 0 Å². The number of hydrogen-bond donors (Lipinski definition) is 3. The zero-order valence-electron chi connectivity index (χ0n) is 21.9. The number of phenols is 3. The zero-order chi connectivity index (χ0) is 28.0. The van der Waals surface area contributed by atoms with E-state index >= 15 is 0 Å². The minimum Gasteiger partial charge on any atom is -0.507 e. The van der Waals surface area contributed by atoms with Crippen molar-refractivity contribution in [1.29, 1.82) is 0 Å². The van der Waals surface area contributed by atoms with E-state index in [9.17, 15) is 24.9 Å². The van der Waals surface area contributed by atoms with E-state index in [1.807, 2.05) is 19.9 Å². The second kappa shape index (κ2) is 12.0. The second-order valence-electron chi connectivity index (χ2n) is 8.72. The van der Waals surface area contributed by atoms with Crippen molar-refractivity contribution in [1.82, 2.24) is 0 Å². The molecule has 8 nitrogen and oxygen atoms in total. The maximum Gasteiger partial charge on any atom is 0.200 e. The molecule has 0 spiro atoms. The lowest BCUT2D eigenvalue weighted by Crippen LogP contribution is -2.04. The van der Waals surface area contributed by atoms with Crippen LogP contribution in [0.15, 0.2) is 75.5 Å². The van der Waals surface area contributed by atoms with Gasteiger partial charge in [0.15, 0.2) is 11.2 Å². The van der Waals surface area contributed by atoms with Gasteiger partial charge in [-0.15, -0.1) is 0 Å². The Kier molecular flexibility index (Phi) is 8.81. The van der Waals surface area contributed by atoms with Crippen molar-refractivity contribution in [3.05, 3.63) is 98.9 Å². The normalized spacial score (nSPS) is 10.3. The van der Waals surface area contributed by atoms with E-state index in [4.69, 9.17) is 13.9 Å². The first-order valence-electron chi connectivity index (χ1n) is 11.7. The number of rotatable bonds is 6. The first-order valence-corrected chi connectivity index (χ1v) is 11.7. The van der Waals surface area contributed by atoms with Crippen LogP contribution < -0.4 is 14.9 Å². The minimum absolute atomic E-state index is 0.113. The molecule has 0 saturated heterocycles. The molecule has 0 atom stereocenters. The van der Waals surface area contributed by atoms with Crippen LogP contribution in [0.4, 0.5) is 0 Å². The van der Waals surface area contributed by atoms with E-state index in [0.29, 0.717) is 29.3 Å². The maximum atomic E-state index is 12.1. The number of ketones is 1. The number of para-hydroxylation sites is 1. The molecule has 0 bridgehead atoms. The van der Waals surface area contributed by atoms with Gasteiger partial charge in [-0.2, -0.15) is 0 Å². The van der Waals surface area contributed by atoms with Crippen LogP contribution in [0.3, 0.4) is 0 Å². The zero-order valence-corrected chi connectivity index (χ0v) is 21.9. The third-order valence-corrected chi connectivity index (χ3v) is 5.70. The number of ether oxygens (including phenoxy) is 2. The molecule has 0 aliphatic heterocycles. The average molecular weight is 519 g/mol. The fourth-order valence-electron chi connectivity index (χ4n) is 3.78. The molecule has 198 valence electrons. The number of aromatic hydroxyl groups is 3. The number of carbonyl (C=O) groups excluding carboxylic acids is 1. The van der Waals surface area contributed by atoms with Crippen LogP contribution in [0.1, 0.15) is 41.1 Å². The fraction of sp³-hybridized carbons (Fsp3) is 0.200. The van der Waals surface area contributed by atoms with Gasteiger partial charge in [-0.25, -0.2) is 0 Å². The van der Waals surface area contributed by atoms with E-state index in [1.165, 1.54) is 50.6 Å². The van der Waals surface area contributed by atoms with Crippen molar-refractivity contribution in [2.24, 2.45) is 0 Å². The van der Waals surface area contributed by atoms with Crippen LogP contribution in [0.2, 0.25) is 0 Å². The largest absolute Gasteiger partial charge is 0.507 e. The molecule has 3 N–H and O–H groups in total. The molecule has 0 aliphatic carbocycles. The van der Waals surface area contributed by atoms with Gasteiger partial charge in [0.2, 0.25) is 0 Å².